The molecule has 27 heavy (non-hydrogen) atoms. The summed E-state index contributed by atoms with van der Waals surface area (Å²) in [6.07, 6.45) is 4.13. The summed E-state index contributed by atoms with van der Waals surface area (Å²) < 4.78 is 25.0. The molecule has 1 heterocycles. The molecule has 146 valence electrons. The van der Waals surface area contributed by atoms with E-state index in [2.05, 4.69) is 25.8 Å². The van der Waals surface area contributed by atoms with E-state index in [-0.39, 0.29) is 28.4 Å². The van der Waals surface area contributed by atoms with Crippen LogP contribution in [0.4, 0.5) is 0 Å². The zero-order chi connectivity index (χ0) is 20.1. The molecular weight excluding hydrogens is 360 g/mol. The molecule has 0 saturated carbocycles. The van der Waals surface area contributed by atoms with Crippen molar-refractivity contribution in [3.8, 4) is 0 Å². The highest BCUT2D eigenvalue weighted by Crippen LogP contribution is 2.24. The van der Waals surface area contributed by atoms with Gasteiger partial charge in [0.05, 0.1) is 10.6 Å². The zero-order valence-corrected chi connectivity index (χ0v) is 17.3. The third kappa shape index (κ3) is 6.17. The van der Waals surface area contributed by atoms with Gasteiger partial charge in [0.15, 0.2) is 9.84 Å². The van der Waals surface area contributed by atoms with Crippen molar-refractivity contribution in [2.45, 2.75) is 43.9 Å². The molecule has 5 nitrogen and oxygen atoms in total. The predicted molar refractivity (Wildman–Crippen MR) is 107 cm³/mol. The number of amides is 1. The summed E-state index contributed by atoms with van der Waals surface area (Å²) in [6.45, 7) is 6.79. The first kappa shape index (κ1) is 21.1. The van der Waals surface area contributed by atoms with Gasteiger partial charge in [-0.1, -0.05) is 32.9 Å². The summed E-state index contributed by atoms with van der Waals surface area (Å²) in [7, 11) is -1.77. The molecule has 0 aliphatic heterocycles. The second-order valence-corrected chi connectivity index (χ2v) is 9.87. The molecule has 6 heteroatoms. The smallest absolute Gasteiger partial charge is 0.223 e. The number of aromatic nitrogens is 1. The van der Waals surface area contributed by atoms with Crippen LogP contribution in [0.5, 0.6) is 0 Å². The van der Waals surface area contributed by atoms with Crippen molar-refractivity contribution >= 4 is 15.7 Å². The van der Waals surface area contributed by atoms with Gasteiger partial charge in [-0.2, -0.15) is 0 Å². The fourth-order valence-corrected chi connectivity index (χ4v) is 3.89. The molecule has 2 rings (SSSR count). The fourth-order valence-electron chi connectivity index (χ4n) is 2.66. The van der Waals surface area contributed by atoms with E-state index >= 15 is 0 Å². The van der Waals surface area contributed by atoms with Crippen molar-refractivity contribution in [3.05, 3.63) is 59.9 Å². The summed E-state index contributed by atoms with van der Waals surface area (Å²) in [5, 5.41) is 0. The summed E-state index contributed by atoms with van der Waals surface area (Å²) >= 11 is 0. The van der Waals surface area contributed by atoms with E-state index in [4.69, 9.17) is 0 Å². The van der Waals surface area contributed by atoms with E-state index in [0.29, 0.717) is 13.0 Å². The Morgan fingerprint density at radius 1 is 1.04 bits per heavy atom. The Bertz CT molecular complexity index is 855. The van der Waals surface area contributed by atoms with Gasteiger partial charge in [0.25, 0.3) is 0 Å². The summed E-state index contributed by atoms with van der Waals surface area (Å²) in [6, 6.07) is 10.8. The summed E-state index contributed by atoms with van der Waals surface area (Å²) in [5.41, 5.74) is 2.14. The lowest BCUT2D eigenvalue weighted by molar-refractivity contribution is -0.129. The summed E-state index contributed by atoms with van der Waals surface area (Å²) in [4.78, 5) is 18.1. The zero-order valence-electron chi connectivity index (χ0n) is 16.5. The number of carbonyl (C=O) groups is 1. The molecular formula is C21H28N2O3S. The molecule has 0 fully saturated rings. The lowest BCUT2D eigenvalue weighted by Crippen LogP contribution is -2.30. The van der Waals surface area contributed by atoms with Gasteiger partial charge in [-0.3, -0.25) is 9.78 Å². The highest BCUT2D eigenvalue weighted by Gasteiger charge is 2.20. The molecule has 2 aromatic rings. The summed E-state index contributed by atoms with van der Waals surface area (Å²) in [5.74, 6) is -0.348. The van der Waals surface area contributed by atoms with E-state index in [1.165, 1.54) is 0 Å². The van der Waals surface area contributed by atoms with Crippen LogP contribution in [0, 0.1) is 0 Å². The van der Waals surface area contributed by atoms with E-state index < -0.39 is 9.84 Å². The monoisotopic (exact) mass is 388 g/mol. The highest BCUT2D eigenvalue weighted by atomic mass is 32.2. The number of rotatable bonds is 7. The largest absolute Gasteiger partial charge is 0.345 e. The molecule has 1 aromatic heterocycles. The maximum Gasteiger partial charge on any atom is 0.223 e. The van der Waals surface area contributed by atoms with Gasteiger partial charge in [-0.25, -0.2) is 8.42 Å². The Morgan fingerprint density at radius 2 is 1.63 bits per heavy atom. The fraction of sp³-hybridized carbons (Fsp3) is 0.429. The number of nitrogens with zero attached hydrogens (tertiary/aromatic N) is 2. The van der Waals surface area contributed by atoms with Crippen molar-refractivity contribution in [1.82, 2.24) is 9.88 Å². The lowest BCUT2D eigenvalue weighted by atomic mass is 9.87. The molecule has 0 aliphatic rings. The maximum absolute atomic E-state index is 12.5. The second-order valence-electron chi connectivity index (χ2n) is 7.76. The highest BCUT2D eigenvalue weighted by molar-refractivity contribution is 7.91. The number of sulfone groups is 1. The van der Waals surface area contributed by atoms with Gasteiger partial charge < -0.3 is 4.90 Å². The third-order valence-corrected chi connectivity index (χ3v) is 6.31. The van der Waals surface area contributed by atoms with E-state index in [1.807, 2.05) is 24.3 Å². The molecule has 0 aliphatic carbocycles. The van der Waals surface area contributed by atoms with Crippen LogP contribution in [0.2, 0.25) is 0 Å². The quantitative estimate of drug-likeness (QED) is 0.730. The molecule has 0 atom stereocenters. The normalized spacial score (nSPS) is 12.0. The van der Waals surface area contributed by atoms with Crippen molar-refractivity contribution in [1.29, 1.82) is 0 Å². The minimum atomic E-state index is -3.47. The van der Waals surface area contributed by atoms with Crippen molar-refractivity contribution in [2.24, 2.45) is 0 Å². The number of carbonyl (C=O) groups excluding carboxylic acids is 1. The van der Waals surface area contributed by atoms with Crippen molar-refractivity contribution in [2.75, 3.05) is 19.3 Å². The third-order valence-electron chi connectivity index (χ3n) is 4.58. The number of pyridine rings is 1. The van der Waals surface area contributed by atoms with Gasteiger partial charge in [0.1, 0.15) is 0 Å². The van der Waals surface area contributed by atoms with Crippen LogP contribution >= 0.6 is 0 Å². The van der Waals surface area contributed by atoms with Crippen LogP contribution in [0.1, 0.15) is 38.3 Å². The first-order valence-electron chi connectivity index (χ1n) is 9.06. The van der Waals surface area contributed by atoms with Crippen LogP contribution in [0.3, 0.4) is 0 Å². The first-order chi connectivity index (χ1) is 12.6. The Kier molecular flexibility index (Phi) is 6.76. The maximum atomic E-state index is 12.5. The Hall–Kier alpha value is -2.21. The van der Waals surface area contributed by atoms with E-state index in [9.17, 15) is 13.2 Å². The lowest BCUT2D eigenvalue weighted by Gasteiger charge is -2.19. The van der Waals surface area contributed by atoms with Crippen LogP contribution in [-0.2, 0) is 26.5 Å². The van der Waals surface area contributed by atoms with Gasteiger partial charge in [-0.15, -0.1) is 0 Å². The van der Waals surface area contributed by atoms with Gasteiger partial charge in [0.2, 0.25) is 5.91 Å². The second kappa shape index (κ2) is 8.65. The average molecular weight is 389 g/mol. The van der Waals surface area contributed by atoms with Crippen LogP contribution in [0.25, 0.3) is 0 Å². The van der Waals surface area contributed by atoms with Gasteiger partial charge >= 0.3 is 0 Å². The minimum Gasteiger partial charge on any atom is -0.345 e. The average Bonchev–Trinajstić information content (AvgIpc) is 2.64. The molecule has 1 amide bonds. The Balaban J connectivity index is 1.90. The molecule has 0 spiro atoms. The van der Waals surface area contributed by atoms with E-state index in [0.717, 1.165) is 11.1 Å². The van der Waals surface area contributed by atoms with Crippen LogP contribution in [0.15, 0.2) is 53.7 Å². The minimum absolute atomic E-state index is 0.0177. The van der Waals surface area contributed by atoms with E-state index in [1.54, 1.807) is 36.5 Å². The Morgan fingerprint density at radius 3 is 2.19 bits per heavy atom. The molecule has 0 saturated heterocycles. The number of likely N-dealkylation sites (N-methyl/N-ethyl adjacent to an activating group) is 1. The number of hydrogen-bond acceptors (Lipinski definition) is 4. The topological polar surface area (TPSA) is 67.3 Å². The predicted octanol–water partition coefficient (Wildman–Crippen LogP) is 3.24. The number of benzene rings is 1. The van der Waals surface area contributed by atoms with Crippen LogP contribution < -0.4 is 0 Å². The van der Waals surface area contributed by atoms with Crippen molar-refractivity contribution < 1.29 is 13.2 Å². The van der Waals surface area contributed by atoms with Crippen LogP contribution in [-0.4, -0.2) is 43.6 Å². The molecule has 1 aromatic carbocycles. The molecule has 0 bridgehead atoms. The van der Waals surface area contributed by atoms with Gasteiger partial charge in [-0.05, 0) is 47.2 Å². The van der Waals surface area contributed by atoms with Crippen molar-refractivity contribution in [3.63, 3.8) is 0 Å². The SMILES string of the molecule is CN(CCc1ccncc1)C(=O)CCS(=O)(=O)c1ccc(C(C)(C)C)cc1. The first-order valence-corrected chi connectivity index (χ1v) is 10.7. The Labute approximate surface area is 162 Å². The molecule has 0 N–H and O–H groups in total. The molecule has 0 radical (unpaired) electrons. The van der Waals surface area contributed by atoms with Gasteiger partial charge in [0, 0.05) is 32.4 Å². The number of hydrogen-bond donors (Lipinski definition) is 0. The molecule has 0 unspecified atom stereocenters. The standard InChI is InChI=1S/C21H28N2O3S/c1-21(2,3)18-5-7-19(8-6-18)27(25,26)16-12-20(24)23(4)15-11-17-9-13-22-14-10-17/h5-10,13-14H,11-12,15-16H2,1-4H3.